The van der Waals surface area contributed by atoms with E-state index in [0.717, 1.165) is 0 Å². The van der Waals surface area contributed by atoms with Gasteiger partial charge in [-0.15, -0.1) is 0 Å². The predicted molar refractivity (Wildman–Crippen MR) is 77.8 cm³/mol. The monoisotopic (exact) mass is 466 g/mol. The number of ether oxygens (including phenoxy) is 3. The zero-order chi connectivity index (χ0) is 14.8. The number of hydrogen-bond acceptors (Lipinski definition) is 6. The lowest BCUT2D eigenvalue weighted by molar-refractivity contribution is -0.170. The summed E-state index contributed by atoms with van der Waals surface area (Å²) in [7, 11) is 0. The van der Waals surface area contributed by atoms with E-state index in [1.807, 2.05) is 0 Å². The van der Waals surface area contributed by atoms with Gasteiger partial charge in [0, 0.05) is 0 Å². The second-order valence-electron chi connectivity index (χ2n) is 3.31. The largest absolute Gasteiger partial charge is 0.461 e. The summed E-state index contributed by atoms with van der Waals surface area (Å²) in [4.78, 5) is 33.4. The van der Waals surface area contributed by atoms with Crippen LogP contribution in [0.4, 0.5) is 0 Å². The summed E-state index contributed by atoms with van der Waals surface area (Å²) in [6.45, 7) is 1.37. The van der Waals surface area contributed by atoms with E-state index in [-0.39, 0.29) is 22.6 Å². The molecule has 0 fully saturated rings. The van der Waals surface area contributed by atoms with Gasteiger partial charge >= 0.3 is 17.9 Å². The molecular formula is C10H13Br3O6. The van der Waals surface area contributed by atoms with Gasteiger partial charge in [0.2, 0.25) is 0 Å². The second-order valence-corrected chi connectivity index (χ2v) is 4.99. The minimum atomic E-state index is -0.851. The average molecular weight is 469 g/mol. The molecule has 6 nitrogen and oxygen atoms in total. The molecule has 2 atom stereocenters. The maximum atomic E-state index is 11.2. The molecule has 0 spiro atoms. The molecule has 0 aromatic rings. The van der Waals surface area contributed by atoms with Crippen LogP contribution in [0.25, 0.3) is 0 Å². The molecule has 19 heavy (non-hydrogen) atoms. The van der Waals surface area contributed by atoms with Gasteiger partial charge < -0.3 is 14.2 Å². The smallest absolute Gasteiger partial charge is 0.317 e. The Morgan fingerprint density at radius 1 is 0.895 bits per heavy atom. The van der Waals surface area contributed by atoms with Crippen molar-refractivity contribution in [2.45, 2.75) is 19.1 Å². The molecule has 0 rings (SSSR count). The van der Waals surface area contributed by atoms with Gasteiger partial charge in [-0.25, -0.2) is 0 Å². The van der Waals surface area contributed by atoms with Gasteiger partial charge in [0.05, 0.1) is 0 Å². The normalized spacial score (nSPS) is 13.3. The fourth-order valence-electron chi connectivity index (χ4n) is 0.994. The number of carbonyl (C=O) groups excluding carboxylic acids is 3. The number of halogens is 3. The molecule has 0 radical (unpaired) electrons. The van der Waals surface area contributed by atoms with Gasteiger partial charge in [-0.05, 0) is 6.92 Å². The SMILES string of the molecule is CC(OC(=O)CBr)C(COC(=O)CBr)OC(=O)CBr. The third-order valence-corrected chi connectivity index (χ3v) is 3.23. The Kier molecular flexibility index (Phi) is 10.5. The summed E-state index contributed by atoms with van der Waals surface area (Å²) < 4.78 is 14.9. The molecule has 0 saturated heterocycles. The van der Waals surface area contributed by atoms with Crippen molar-refractivity contribution in [2.75, 3.05) is 22.6 Å². The highest BCUT2D eigenvalue weighted by molar-refractivity contribution is 9.09. The van der Waals surface area contributed by atoms with Crippen LogP contribution >= 0.6 is 47.8 Å². The molecule has 2 unspecified atom stereocenters. The predicted octanol–water partition coefficient (Wildman–Crippen LogP) is 1.56. The third kappa shape index (κ3) is 8.59. The molecular weight excluding hydrogens is 456 g/mol. The van der Waals surface area contributed by atoms with E-state index in [2.05, 4.69) is 47.8 Å². The van der Waals surface area contributed by atoms with E-state index in [4.69, 9.17) is 14.2 Å². The molecule has 0 aliphatic rings. The fraction of sp³-hybridized carbons (Fsp3) is 0.700. The molecule has 0 aromatic heterocycles. The van der Waals surface area contributed by atoms with Crippen molar-refractivity contribution in [3.8, 4) is 0 Å². The molecule has 0 bridgehead atoms. The van der Waals surface area contributed by atoms with Gasteiger partial charge in [-0.2, -0.15) is 0 Å². The molecule has 0 heterocycles. The molecule has 9 heteroatoms. The highest BCUT2D eigenvalue weighted by atomic mass is 79.9. The van der Waals surface area contributed by atoms with Crippen LogP contribution in [0.1, 0.15) is 6.92 Å². The van der Waals surface area contributed by atoms with Crippen molar-refractivity contribution in [3.63, 3.8) is 0 Å². The van der Waals surface area contributed by atoms with E-state index in [0.29, 0.717) is 0 Å². The molecule has 0 amide bonds. The molecule has 0 N–H and O–H groups in total. The van der Waals surface area contributed by atoms with E-state index >= 15 is 0 Å². The maximum absolute atomic E-state index is 11.2. The van der Waals surface area contributed by atoms with Crippen LogP contribution < -0.4 is 0 Å². The van der Waals surface area contributed by atoms with E-state index in [1.54, 1.807) is 6.92 Å². The quantitative estimate of drug-likeness (QED) is 0.305. The van der Waals surface area contributed by atoms with Gasteiger partial charge in [0.25, 0.3) is 0 Å². The summed E-state index contributed by atoms with van der Waals surface area (Å²) in [5, 5.41) is 0.0499. The molecule has 110 valence electrons. The Morgan fingerprint density at radius 2 is 1.37 bits per heavy atom. The number of alkyl halides is 3. The minimum Gasteiger partial charge on any atom is -0.461 e. The topological polar surface area (TPSA) is 78.9 Å². The molecule has 0 aliphatic heterocycles. The summed E-state index contributed by atoms with van der Waals surface area (Å²) in [6.07, 6.45) is -1.58. The summed E-state index contributed by atoms with van der Waals surface area (Å²) in [5.41, 5.74) is 0. The second kappa shape index (κ2) is 10.6. The van der Waals surface area contributed by atoms with Crippen molar-refractivity contribution < 1.29 is 28.6 Å². The lowest BCUT2D eigenvalue weighted by Gasteiger charge is -2.23. The van der Waals surface area contributed by atoms with Crippen LogP contribution in [0.3, 0.4) is 0 Å². The number of hydrogen-bond donors (Lipinski definition) is 0. The molecule has 0 aromatic carbocycles. The van der Waals surface area contributed by atoms with Gasteiger partial charge in [0.15, 0.2) is 6.10 Å². The number of rotatable bonds is 8. The zero-order valence-corrected chi connectivity index (χ0v) is 14.8. The van der Waals surface area contributed by atoms with Crippen LogP contribution in [-0.2, 0) is 28.6 Å². The lowest BCUT2D eigenvalue weighted by Crippen LogP contribution is -2.38. The molecule has 0 saturated carbocycles. The van der Waals surface area contributed by atoms with Crippen LogP contribution in [0.5, 0.6) is 0 Å². The summed E-state index contributed by atoms with van der Waals surface area (Å²) >= 11 is 8.83. The van der Waals surface area contributed by atoms with Crippen molar-refractivity contribution in [2.24, 2.45) is 0 Å². The Morgan fingerprint density at radius 3 is 1.84 bits per heavy atom. The zero-order valence-electron chi connectivity index (χ0n) is 10.1. The first-order chi connectivity index (χ1) is 8.94. The van der Waals surface area contributed by atoms with Crippen LogP contribution in [-0.4, -0.2) is 52.7 Å². The standard InChI is InChI=1S/C10H13Br3O6/c1-6(18-9(15)3-12)7(19-10(16)4-13)5-17-8(14)2-11/h6-7H,2-5H2,1H3. The maximum Gasteiger partial charge on any atom is 0.317 e. The summed E-state index contributed by atoms with van der Waals surface area (Å²) in [6, 6.07) is 0. The van der Waals surface area contributed by atoms with Crippen molar-refractivity contribution in [1.29, 1.82) is 0 Å². The van der Waals surface area contributed by atoms with Crippen LogP contribution in [0, 0.1) is 0 Å². The minimum absolute atomic E-state index is 0.00496. The van der Waals surface area contributed by atoms with Crippen LogP contribution in [0.2, 0.25) is 0 Å². The highest BCUT2D eigenvalue weighted by Gasteiger charge is 2.26. The van der Waals surface area contributed by atoms with Crippen molar-refractivity contribution >= 4 is 65.7 Å². The van der Waals surface area contributed by atoms with Gasteiger partial charge in [-0.3, -0.25) is 14.4 Å². The van der Waals surface area contributed by atoms with Crippen molar-refractivity contribution in [1.82, 2.24) is 0 Å². The van der Waals surface area contributed by atoms with E-state index < -0.39 is 30.1 Å². The third-order valence-electron chi connectivity index (χ3n) is 1.86. The Hall–Kier alpha value is -0.150. The summed E-state index contributed by atoms with van der Waals surface area (Å²) in [5.74, 6) is -1.54. The van der Waals surface area contributed by atoms with Crippen molar-refractivity contribution in [3.05, 3.63) is 0 Å². The molecule has 0 aliphatic carbocycles. The van der Waals surface area contributed by atoms with Gasteiger partial charge in [0.1, 0.15) is 28.7 Å². The van der Waals surface area contributed by atoms with E-state index in [1.165, 1.54) is 0 Å². The van der Waals surface area contributed by atoms with Gasteiger partial charge in [-0.1, -0.05) is 47.8 Å². The Bertz CT molecular complexity index is 322. The Balaban J connectivity index is 4.50. The number of carbonyl (C=O) groups is 3. The first kappa shape index (κ1) is 18.9. The first-order valence-electron chi connectivity index (χ1n) is 5.17. The lowest BCUT2D eigenvalue weighted by atomic mass is 10.2. The fourth-order valence-corrected chi connectivity index (χ4v) is 1.42. The first-order valence-corrected chi connectivity index (χ1v) is 8.53. The highest BCUT2D eigenvalue weighted by Crippen LogP contribution is 2.08. The van der Waals surface area contributed by atoms with E-state index in [9.17, 15) is 14.4 Å². The average Bonchev–Trinajstić information content (AvgIpc) is 2.41. The Labute approximate surface area is 135 Å². The number of esters is 3. The van der Waals surface area contributed by atoms with Crippen LogP contribution in [0.15, 0.2) is 0 Å².